The van der Waals surface area contributed by atoms with Gasteiger partial charge in [-0.3, -0.25) is 9.78 Å². The van der Waals surface area contributed by atoms with E-state index in [4.69, 9.17) is 9.72 Å². The largest absolute Gasteiger partial charge is 0.383 e. The van der Waals surface area contributed by atoms with E-state index in [1.807, 2.05) is 17.8 Å². The predicted octanol–water partition coefficient (Wildman–Crippen LogP) is 0.890. The van der Waals surface area contributed by atoms with Crippen LogP contribution in [0.2, 0.25) is 6.04 Å². The van der Waals surface area contributed by atoms with Gasteiger partial charge < -0.3 is 10.1 Å². The van der Waals surface area contributed by atoms with Crippen LogP contribution in [0.4, 0.5) is 11.5 Å². The van der Waals surface area contributed by atoms with E-state index in [0.717, 1.165) is 40.6 Å². The van der Waals surface area contributed by atoms with E-state index < -0.39 is 0 Å². The van der Waals surface area contributed by atoms with Crippen molar-refractivity contribution in [3.63, 3.8) is 0 Å². The first-order valence-electron chi connectivity index (χ1n) is 7.75. The third-order valence-corrected chi connectivity index (χ3v) is 5.64. The van der Waals surface area contributed by atoms with Gasteiger partial charge in [-0.25, -0.2) is 9.97 Å². The van der Waals surface area contributed by atoms with Crippen molar-refractivity contribution in [3.05, 3.63) is 23.9 Å². The number of aromatic nitrogens is 6. The lowest BCUT2D eigenvalue weighted by molar-refractivity contribution is 0.183. The molecule has 0 radical (unpaired) electrons. The Bertz CT molecular complexity index is 839. The topological polar surface area (TPSA) is 93.5 Å². The Kier molecular flexibility index (Phi) is 3.58. The van der Waals surface area contributed by atoms with Crippen LogP contribution in [0.15, 0.2) is 12.4 Å². The minimum absolute atomic E-state index is 0.0190. The highest BCUT2D eigenvalue weighted by Crippen LogP contribution is 2.33. The molecule has 4 rings (SSSR count). The molecule has 0 aliphatic carbocycles. The second-order valence-electron chi connectivity index (χ2n) is 5.82. The van der Waals surface area contributed by atoms with Crippen molar-refractivity contribution in [2.75, 3.05) is 19.0 Å². The average Bonchev–Trinajstić information content (AvgIpc) is 3.21. The van der Waals surface area contributed by atoms with Gasteiger partial charge in [-0.15, -0.1) is 0 Å². The normalized spacial score (nSPS) is 17.9. The number of aromatic amines is 1. The third kappa shape index (κ3) is 2.72. The van der Waals surface area contributed by atoms with Crippen molar-refractivity contribution in [1.82, 2.24) is 29.9 Å². The van der Waals surface area contributed by atoms with Gasteiger partial charge >= 0.3 is 0 Å². The van der Waals surface area contributed by atoms with Gasteiger partial charge in [0.15, 0.2) is 5.82 Å². The number of anilines is 2. The highest BCUT2D eigenvalue weighted by Gasteiger charge is 2.28. The fourth-order valence-electron chi connectivity index (χ4n) is 2.57. The highest BCUT2D eigenvalue weighted by atomic mass is 28.2. The summed E-state index contributed by atoms with van der Waals surface area (Å²) in [6.07, 6.45) is 3.57. The number of rotatable bonds is 6. The van der Waals surface area contributed by atoms with E-state index in [-0.39, 0.29) is 9.52 Å². The van der Waals surface area contributed by atoms with Crippen LogP contribution >= 0.6 is 0 Å². The first-order chi connectivity index (χ1) is 11.3. The summed E-state index contributed by atoms with van der Waals surface area (Å²) in [5, 5.41) is 14.9. The number of hydrogen-bond donors (Lipinski definition) is 2. The van der Waals surface area contributed by atoms with Crippen LogP contribution in [0.25, 0.3) is 11.0 Å². The highest BCUT2D eigenvalue weighted by molar-refractivity contribution is 6.50. The molecule has 1 aliphatic heterocycles. The molecule has 0 amide bonds. The molecule has 0 bridgehead atoms. The molecule has 23 heavy (non-hydrogen) atoms. The van der Waals surface area contributed by atoms with Gasteiger partial charge in [0.1, 0.15) is 16.9 Å². The van der Waals surface area contributed by atoms with Gasteiger partial charge in [-0.2, -0.15) is 10.2 Å². The minimum Gasteiger partial charge on any atom is -0.383 e. The van der Waals surface area contributed by atoms with Crippen LogP contribution in [-0.4, -0.2) is 53.2 Å². The smallest absolute Gasteiger partial charge is 0.160 e. The molecule has 9 heteroatoms. The van der Waals surface area contributed by atoms with Crippen LogP contribution in [0, 0.1) is 6.92 Å². The van der Waals surface area contributed by atoms with Crippen LogP contribution < -0.4 is 5.32 Å². The molecule has 1 atom stereocenters. The SMILES string of the molecule is COCCn1ncc(Nc2nc(C3C[SiH2]3)nc3cn[nH]c23)c1C. The number of ether oxygens (including phenoxy) is 1. The van der Waals surface area contributed by atoms with E-state index in [0.29, 0.717) is 12.1 Å². The molecule has 0 aromatic carbocycles. The summed E-state index contributed by atoms with van der Waals surface area (Å²) in [4.78, 5) is 9.34. The van der Waals surface area contributed by atoms with E-state index >= 15 is 0 Å². The van der Waals surface area contributed by atoms with Crippen molar-refractivity contribution < 1.29 is 4.74 Å². The van der Waals surface area contributed by atoms with E-state index in [1.165, 1.54) is 6.04 Å². The minimum atomic E-state index is 0.0190. The fourth-order valence-corrected chi connectivity index (χ4v) is 3.44. The van der Waals surface area contributed by atoms with Crippen molar-refractivity contribution >= 4 is 32.1 Å². The molecule has 3 aromatic rings. The van der Waals surface area contributed by atoms with Crippen molar-refractivity contribution in [1.29, 1.82) is 0 Å². The Morgan fingerprint density at radius 2 is 2.30 bits per heavy atom. The molecule has 120 valence electrons. The van der Waals surface area contributed by atoms with Gasteiger partial charge in [-0.05, 0) is 6.92 Å². The second-order valence-corrected chi connectivity index (χ2v) is 7.96. The standard InChI is InChI=1S/C14H19N7OSi/c1-8-9(6-16-21(8)3-4-22-2)17-14-12-10(5-15-20-12)18-13(19-14)11-7-23-11/h5-6,11H,3-4,7,23H2,1-2H3,(H,15,20)(H,17,18,19). The lowest BCUT2D eigenvalue weighted by Crippen LogP contribution is -2.08. The van der Waals surface area contributed by atoms with Gasteiger partial charge in [0, 0.05) is 22.2 Å². The van der Waals surface area contributed by atoms with Gasteiger partial charge in [0.05, 0.1) is 36.9 Å². The van der Waals surface area contributed by atoms with Gasteiger partial charge in [-0.1, -0.05) is 6.04 Å². The zero-order chi connectivity index (χ0) is 15.8. The van der Waals surface area contributed by atoms with Crippen LogP contribution in [0.3, 0.4) is 0 Å². The third-order valence-electron chi connectivity index (χ3n) is 4.12. The predicted molar refractivity (Wildman–Crippen MR) is 89.9 cm³/mol. The molecule has 2 N–H and O–H groups in total. The average molecular weight is 329 g/mol. The van der Waals surface area contributed by atoms with Crippen LogP contribution in [0.1, 0.15) is 17.1 Å². The Morgan fingerprint density at radius 1 is 1.43 bits per heavy atom. The Balaban J connectivity index is 1.67. The summed E-state index contributed by atoms with van der Waals surface area (Å²) in [7, 11) is 1.71. The summed E-state index contributed by atoms with van der Waals surface area (Å²) < 4.78 is 7.04. The maximum Gasteiger partial charge on any atom is 0.160 e. The number of H-pyrrole nitrogens is 1. The zero-order valence-corrected chi connectivity index (χ0v) is 14.6. The quantitative estimate of drug-likeness (QED) is 0.652. The van der Waals surface area contributed by atoms with E-state index in [1.54, 1.807) is 13.3 Å². The summed E-state index contributed by atoms with van der Waals surface area (Å²) >= 11 is 0. The van der Waals surface area contributed by atoms with Crippen molar-refractivity contribution in [2.45, 2.75) is 25.1 Å². The zero-order valence-electron chi connectivity index (χ0n) is 13.2. The Morgan fingerprint density at radius 3 is 3.09 bits per heavy atom. The lowest BCUT2D eigenvalue weighted by Gasteiger charge is -2.08. The molecule has 1 aliphatic rings. The number of hydrogen-bond acceptors (Lipinski definition) is 6. The number of methoxy groups -OCH3 is 1. The molecule has 8 nitrogen and oxygen atoms in total. The molecular weight excluding hydrogens is 310 g/mol. The maximum atomic E-state index is 5.11. The summed E-state index contributed by atoms with van der Waals surface area (Å²) in [5.41, 5.74) is 4.31. The Hall–Kier alpha value is -2.26. The van der Waals surface area contributed by atoms with Crippen LogP contribution in [0.5, 0.6) is 0 Å². The molecule has 3 aromatic heterocycles. The molecule has 4 heterocycles. The van der Waals surface area contributed by atoms with Crippen molar-refractivity contribution in [3.8, 4) is 0 Å². The summed E-state index contributed by atoms with van der Waals surface area (Å²) in [6.45, 7) is 3.40. The second kappa shape index (κ2) is 5.74. The van der Waals surface area contributed by atoms with Crippen molar-refractivity contribution in [2.24, 2.45) is 0 Å². The molecule has 1 unspecified atom stereocenters. The first-order valence-corrected chi connectivity index (χ1v) is 9.57. The van der Waals surface area contributed by atoms with E-state index in [9.17, 15) is 0 Å². The van der Waals surface area contributed by atoms with Gasteiger partial charge in [0.2, 0.25) is 0 Å². The number of nitrogens with zero attached hydrogens (tertiary/aromatic N) is 5. The summed E-state index contributed by atoms with van der Waals surface area (Å²) in [5.74, 6) is 1.73. The molecule has 0 saturated carbocycles. The van der Waals surface area contributed by atoms with Gasteiger partial charge in [0.25, 0.3) is 0 Å². The number of fused-ring (bicyclic) bond motifs is 1. The lowest BCUT2D eigenvalue weighted by atomic mass is 10.3. The molecule has 1 fully saturated rings. The molecule has 1 saturated heterocycles. The monoisotopic (exact) mass is 329 g/mol. The Labute approximate surface area is 135 Å². The van der Waals surface area contributed by atoms with Crippen LogP contribution in [-0.2, 0) is 11.3 Å². The maximum absolute atomic E-state index is 5.11. The number of nitrogens with one attached hydrogen (secondary N) is 2. The molecule has 0 spiro atoms. The first kappa shape index (κ1) is 14.3. The fraction of sp³-hybridized carbons (Fsp3) is 0.429. The van der Waals surface area contributed by atoms with E-state index in [2.05, 4.69) is 25.6 Å². The molecular formula is C14H19N7OSi. The summed E-state index contributed by atoms with van der Waals surface area (Å²) in [6, 6.07) is 1.30.